The second kappa shape index (κ2) is 4.50. The highest BCUT2D eigenvalue weighted by Gasteiger charge is 2.14. The number of hydrogen-bond acceptors (Lipinski definition) is 1. The molecule has 2 aromatic rings. The number of aryl methyl sites for hydroxylation is 2. The van der Waals surface area contributed by atoms with Crippen molar-refractivity contribution in [2.75, 3.05) is 0 Å². The molecule has 0 unspecified atom stereocenters. The summed E-state index contributed by atoms with van der Waals surface area (Å²) < 4.78 is 14.0. The van der Waals surface area contributed by atoms with Crippen LogP contribution in [0.5, 0.6) is 0 Å². The van der Waals surface area contributed by atoms with E-state index in [4.69, 9.17) is 5.11 Å². The van der Waals surface area contributed by atoms with Gasteiger partial charge in [-0.15, -0.1) is 0 Å². The second-order valence-electron chi connectivity index (χ2n) is 4.84. The molecule has 1 aliphatic rings. The standard InChI is InChI=1S/C16H13FO2/c17-15-9-13(16(18)19)6-7-14(15)12-5-4-10-2-1-3-11(10)8-12/h4-9H,1-3H2,(H,18,19). The smallest absolute Gasteiger partial charge is 0.335 e. The average molecular weight is 256 g/mol. The lowest BCUT2D eigenvalue weighted by atomic mass is 9.99. The van der Waals surface area contributed by atoms with Gasteiger partial charge in [0.05, 0.1) is 5.56 Å². The third-order valence-electron chi connectivity index (χ3n) is 3.63. The SMILES string of the molecule is O=C(O)c1ccc(-c2ccc3c(c2)CCC3)c(F)c1. The molecule has 0 amide bonds. The van der Waals surface area contributed by atoms with Crippen molar-refractivity contribution in [2.45, 2.75) is 19.3 Å². The third-order valence-corrected chi connectivity index (χ3v) is 3.63. The van der Waals surface area contributed by atoms with Gasteiger partial charge in [0.1, 0.15) is 5.82 Å². The largest absolute Gasteiger partial charge is 0.478 e. The molecule has 1 N–H and O–H groups in total. The molecule has 3 rings (SSSR count). The summed E-state index contributed by atoms with van der Waals surface area (Å²) in [6.45, 7) is 0. The lowest BCUT2D eigenvalue weighted by Crippen LogP contribution is -1.97. The minimum Gasteiger partial charge on any atom is -0.478 e. The molecule has 0 aromatic heterocycles. The molecule has 2 aromatic carbocycles. The van der Waals surface area contributed by atoms with Crippen molar-refractivity contribution in [3.63, 3.8) is 0 Å². The molecule has 0 saturated carbocycles. The van der Waals surface area contributed by atoms with E-state index >= 15 is 0 Å². The number of carbonyl (C=O) groups is 1. The summed E-state index contributed by atoms with van der Waals surface area (Å²) in [6.07, 6.45) is 3.28. The summed E-state index contributed by atoms with van der Waals surface area (Å²) in [5.74, 6) is -1.60. The summed E-state index contributed by atoms with van der Waals surface area (Å²) in [7, 11) is 0. The van der Waals surface area contributed by atoms with E-state index in [-0.39, 0.29) is 5.56 Å². The fourth-order valence-electron chi connectivity index (χ4n) is 2.62. The number of aromatic carboxylic acids is 1. The predicted octanol–water partition coefficient (Wildman–Crippen LogP) is 3.68. The zero-order valence-electron chi connectivity index (χ0n) is 10.3. The van der Waals surface area contributed by atoms with Crippen LogP contribution in [0.3, 0.4) is 0 Å². The van der Waals surface area contributed by atoms with E-state index < -0.39 is 11.8 Å². The highest BCUT2D eigenvalue weighted by Crippen LogP contribution is 2.29. The van der Waals surface area contributed by atoms with Gasteiger partial charge >= 0.3 is 5.97 Å². The number of carboxylic acid groups (broad SMARTS) is 1. The highest BCUT2D eigenvalue weighted by molar-refractivity contribution is 5.88. The minimum atomic E-state index is -1.11. The van der Waals surface area contributed by atoms with Crippen molar-refractivity contribution in [3.8, 4) is 11.1 Å². The van der Waals surface area contributed by atoms with Crippen molar-refractivity contribution < 1.29 is 14.3 Å². The first-order chi connectivity index (χ1) is 9.15. The topological polar surface area (TPSA) is 37.3 Å². The van der Waals surface area contributed by atoms with E-state index in [0.717, 1.165) is 30.9 Å². The molecule has 0 fully saturated rings. The number of fused-ring (bicyclic) bond motifs is 1. The van der Waals surface area contributed by atoms with Crippen LogP contribution in [0, 0.1) is 5.82 Å². The first-order valence-electron chi connectivity index (χ1n) is 6.30. The lowest BCUT2D eigenvalue weighted by Gasteiger charge is -2.07. The van der Waals surface area contributed by atoms with Crippen LogP contribution in [0.4, 0.5) is 4.39 Å². The van der Waals surface area contributed by atoms with Crippen molar-refractivity contribution >= 4 is 5.97 Å². The second-order valence-corrected chi connectivity index (χ2v) is 4.84. The predicted molar refractivity (Wildman–Crippen MR) is 70.8 cm³/mol. The average Bonchev–Trinajstić information content (AvgIpc) is 2.85. The maximum atomic E-state index is 14.0. The molecule has 0 radical (unpaired) electrons. The van der Waals surface area contributed by atoms with Crippen LogP contribution >= 0.6 is 0 Å². The van der Waals surface area contributed by atoms with E-state index in [9.17, 15) is 9.18 Å². The summed E-state index contributed by atoms with van der Waals surface area (Å²) in [5, 5.41) is 8.83. The lowest BCUT2D eigenvalue weighted by molar-refractivity contribution is 0.0696. The molecule has 0 spiro atoms. The number of halogens is 1. The summed E-state index contributed by atoms with van der Waals surface area (Å²) in [4.78, 5) is 10.8. The zero-order valence-corrected chi connectivity index (χ0v) is 10.3. The summed E-state index contributed by atoms with van der Waals surface area (Å²) in [5.41, 5.74) is 3.86. The molecule has 0 atom stereocenters. The van der Waals surface area contributed by atoms with E-state index in [2.05, 4.69) is 0 Å². The van der Waals surface area contributed by atoms with Gasteiger partial charge in [0.15, 0.2) is 0 Å². The van der Waals surface area contributed by atoms with Crippen LogP contribution in [0.2, 0.25) is 0 Å². The number of carboxylic acids is 1. The van der Waals surface area contributed by atoms with Crippen LogP contribution in [0.1, 0.15) is 27.9 Å². The first-order valence-corrected chi connectivity index (χ1v) is 6.30. The molecule has 0 bridgehead atoms. The molecule has 2 nitrogen and oxygen atoms in total. The Hall–Kier alpha value is -2.16. The van der Waals surface area contributed by atoms with Crippen LogP contribution in [-0.2, 0) is 12.8 Å². The highest BCUT2D eigenvalue weighted by atomic mass is 19.1. The molecule has 0 saturated heterocycles. The Labute approximate surface area is 110 Å². The van der Waals surface area contributed by atoms with Crippen LogP contribution in [-0.4, -0.2) is 11.1 Å². The summed E-state index contributed by atoms with van der Waals surface area (Å²) in [6, 6.07) is 10.0. The Balaban J connectivity index is 2.05. The fourth-order valence-corrected chi connectivity index (χ4v) is 2.62. The Morgan fingerprint density at radius 1 is 1.05 bits per heavy atom. The van der Waals surface area contributed by atoms with Gasteiger partial charge in [-0.25, -0.2) is 9.18 Å². The minimum absolute atomic E-state index is 0.0255. The molecule has 0 aliphatic heterocycles. The van der Waals surface area contributed by atoms with Crippen molar-refractivity contribution in [2.24, 2.45) is 0 Å². The van der Waals surface area contributed by atoms with Gasteiger partial charge in [-0.05, 0) is 48.1 Å². The molecular formula is C16H13FO2. The van der Waals surface area contributed by atoms with E-state index in [1.54, 1.807) is 0 Å². The molecule has 1 aliphatic carbocycles. The molecule has 96 valence electrons. The Morgan fingerprint density at radius 2 is 1.84 bits per heavy atom. The van der Waals surface area contributed by atoms with E-state index in [0.29, 0.717) is 5.56 Å². The number of hydrogen-bond donors (Lipinski definition) is 1. The van der Waals surface area contributed by atoms with Crippen LogP contribution < -0.4 is 0 Å². The monoisotopic (exact) mass is 256 g/mol. The number of benzene rings is 2. The number of rotatable bonds is 2. The summed E-state index contributed by atoms with van der Waals surface area (Å²) >= 11 is 0. The molecule has 3 heteroatoms. The Bertz CT molecular complexity index is 662. The van der Waals surface area contributed by atoms with Crippen molar-refractivity contribution in [3.05, 3.63) is 58.9 Å². The van der Waals surface area contributed by atoms with Crippen LogP contribution in [0.15, 0.2) is 36.4 Å². The van der Waals surface area contributed by atoms with Gasteiger partial charge in [-0.3, -0.25) is 0 Å². The van der Waals surface area contributed by atoms with Gasteiger partial charge < -0.3 is 5.11 Å². The molecular weight excluding hydrogens is 243 g/mol. The van der Waals surface area contributed by atoms with Crippen molar-refractivity contribution in [1.29, 1.82) is 0 Å². The van der Waals surface area contributed by atoms with Crippen LogP contribution in [0.25, 0.3) is 11.1 Å². The Morgan fingerprint density at radius 3 is 2.58 bits per heavy atom. The molecule has 0 heterocycles. The molecule has 19 heavy (non-hydrogen) atoms. The maximum Gasteiger partial charge on any atom is 0.335 e. The third kappa shape index (κ3) is 2.12. The normalized spacial score (nSPS) is 13.3. The Kier molecular flexibility index (Phi) is 2.82. The van der Waals surface area contributed by atoms with Gasteiger partial charge in [0.25, 0.3) is 0 Å². The van der Waals surface area contributed by atoms with Gasteiger partial charge in [0.2, 0.25) is 0 Å². The van der Waals surface area contributed by atoms with Gasteiger partial charge in [-0.2, -0.15) is 0 Å². The zero-order chi connectivity index (χ0) is 13.4. The van der Waals surface area contributed by atoms with E-state index in [1.165, 1.54) is 23.3 Å². The first kappa shape index (κ1) is 11.9. The van der Waals surface area contributed by atoms with Crippen molar-refractivity contribution in [1.82, 2.24) is 0 Å². The van der Waals surface area contributed by atoms with E-state index in [1.807, 2.05) is 18.2 Å². The van der Waals surface area contributed by atoms with Gasteiger partial charge in [0, 0.05) is 5.56 Å². The van der Waals surface area contributed by atoms with Gasteiger partial charge in [-0.1, -0.05) is 24.3 Å². The maximum absolute atomic E-state index is 14.0. The fraction of sp³-hybridized carbons (Fsp3) is 0.188. The quantitative estimate of drug-likeness (QED) is 0.890.